The van der Waals surface area contributed by atoms with Gasteiger partial charge >= 0.3 is 7.82 Å². The van der Waals surface area contributed by atoms with Crippen molar-refractivity contribution in [1.82, 2.24) is 0 Å². The number of hydrogen-bond acceptors (Lipinski definition) is 1. The van der Waals surface area contributed by atoms with Crippen LogP contribution in [0.5, 0.6) is 0 Å². The first-order valence-corrected chi connectivity index (χ1v) is 2.35. The van der Waals surface area contributed by atoms with Crippen molar-refractivity contribution in [2.24, 2.45) is 0 Å². The van der Waals surface area contributed by atoms with E-state index in [9.17, 15) is 0 Å². The van der Waals surface area contributed by atoms with Gasteiger partial charge in [0.1, 0.15) is 0 Å². The molecule has 0 amide bonds. The summed E-state index contributed by atoms with van der Waals surface area (Å²) in [6, 6.07) is 0. The molecule has 0 aliphatic heterocycles. The first kappa shape index (κ1) is 22.6. The van der Waals surface area contributed by atoms with Crippen LogP contribution >= 0.6 is 7.82 Å². The SMILES string of the molecule is O=P(O)(O)O.[Co].[Mn].[Ni]. The van der Waals surface area contributed by atoms with Crippen molar-refractivity contribution in [2.75, 3.05) is 0 Å². The second-order valence-electron chi connectivity index (χ2n) is 0.513. The number of phosphoric acid groups is 1. The van der Waals surface area contributed by atoms with Crippen LogP contribution in [0.4, 0.5) is 0 Å². The summed E-state index contributed by atoms with van der Waals surface area (Å²) in [6.45, 7) is 0. The average molecular weight is 271 g/mol. The van der Waals surface area contributed by atoms with E-state index in [1.165, 1.54) is 0 Å². The average Bonchev–Trinajstić information content (AvgIpc) is 0.722. The van der Waals surface area contributed by atoms with Gasteiger partial charge in [0.2, 0.25) is 0 Å². The van der Waals surface area contributed by atoms with E-state index in [1.807, 2.05) is 0 Å². The Hall–Kier alpha value is 1.63. The van der Waals surface area contributed by atoms with E-state index in [1.54, 1.807) is 0 Å². The van der Waals surface area contributed by atoms with E-state index in [-0.39, 0.29) is 50.3 Å². The van der Waals surface area contributed by atoms with Crippen LogP contribution in [0.1, 0.15) is 0 Å². The molecule has 58 valence electrons. The van der Waals surface area contributed by atoms with E-state index in [4.69, 9.17) is 19.2 Å². The molecule has 0 aliphatic carbocycles. The van der Waals surface area contributed by atoms with Crippen molar-refractivity contribution in [3.8, 4) is 0 Å². The first-order chi connectivity index (χ1) is 2.00. The normalized spacial score (nSPS) is 7.38. The Balaban J connectivity index is -0.0000000267. The third kappa shape index (κ3) is 126. The molecule has 0 atom stereocenters. The van der Waals surface area contributed by atoms with Gasteiger partial charge in [0, 0.05) is 50.3 Å². The Labute approximate surface area is 77.3 Å². The second kappa shape index (κ2) is 8.63. The fourth-order valence-corrected chi connectivity index (χ4v) is 0. The Morgan fingerprint density at radius 3 is 1.12 bits per heavy atom. The molecule has 8 heteroatoms. The summed E-state index contributed by atoms with van der Waals surface area (Å²) in [5.41, 5.74) is 0. The molecule has 8 heavy (non-hydrogen) atoms. The Bertz CT molecular complexity index is 62.2. The summed E-state index contributed by atoms with van der Waals surface area (Å²) >= 11 is 0. The Morgan fingerprint density at radius 2 is 1.12 bits per heavy atom. The van der Waals surface area contributed by atoms with Crippen LogP contribution in [-0.4, -0.2) is 14.7 Å². The third-order valence-electron chi connectivity index (χ3n) is 0. The zero-order valence-electron chi connectivity index (χ0n) is 3.22. The molecule has 0 spiro atoms. The van der Waals surface area contributed by atoms with Crippen LogP contribution in [0.25, 0.3) is 0 Å². The van der Waals surface area contributed by atoms with Gasteiger partial charge in [-0.15, -0.1) is 0 Å². The van der Waals surface area contributed by atoms with Crippen LogP contribution in [0.15, 0.2) is 0 Å². The molecule has 0 saturated carbocycles. The monoisotopic (exact) mass is 270 g/mol. The quantitative estimate of drug-likeness (QED) is 0.392. The van der Waals surface area contributed by atoms with Crippen LogP contribution in [-0.2, 0) is 54.9 Å². The van der Waals surface area contributed by atoms with Gasteiger partial charge in [-0.2, -0.15) is 0 Å². The summed E-state index contributed by atoms with van der Waals surface area (Å²) < 4.78 is 8.88. The molecule has 0 bridgehead atoms. The van der Waals surface area contributed by atoms with Crippen molar-refractivity contribution in [3.63, 3.8) is 0 Å². The minimum atomic E-state index is -4.64. The summed E-state index contributed by atoms with van der Waals surface area (Å²) in [4.78, 5) is 21.6. The third-order valence-corrected chi connectivity index (χ3v) is 0. The maximum atomic E-state index is 8.88. The minimum Gasteiger partial charge on any atom is -0.303 e. The molecule has 0 aromatic rings. The van der Waals surface area contributed by atoms with Gasteiger partial charge in [-0.05, 0) is 0 Å². The first-order valence-electron chi connectivity index (χ1n) is 0.783. The largest absolute Gasteiger partial charge is 0.466 e. The van der Waals surface area contributed by atoms with Crippen molar-refractivity contribution in [2.45, 2.75) is 0 Å². The zero-order valence-corrected chi connectivity index (χ0v) is 7.33. The fourth-order valence-electron chi connectivity index (χ4n) is 0. The van der Waals surface area contributed by atoms with Crippen LogP contribution in [0.3, 0.4) is 0 Å². The molecule has 2 radical (unpaired) electrons. The van der Waals surface area contributed by atoms with E-state index in [0.29, 0.717) is 0 Å². The molecule has 0 aromatic heterocycles. The van der Waals surface area contributed by atoms with Gasteiger partial charge in [-0.1, -0.05) is 0 Å². The fraction of sp³-hybridized carbons (Fsp3) is 0. The van der Waals surface area contributed by atoms with E-state index >= 15 is 0 Å². The molecular weight excluding hydrogens is 268 g/mol. The summed E-state index contributed by atoms with van der Waals surface area (Å²) in [6.07, 6.45) is 0. The van der Waals surface area contributed by atoms with Gasteiger partial charge in [-0.3, -0.25) is 0 Å². The number of hydrogen-bond donors (Lipinski definition) is 3. The van der Waals surface area contributed by atoms with Gasteiger partial charge in [-0.25, -0.2) is 4.57 Å². The van der Waals surface area contributed by atoms with Crippen LogP contribution in [0.2, 0.25) is 0 Å². The standard InChI is InChI=1S/Co.Mn.Ni.H3O4P/c;;;1-5(2,3)4/h;;;(H3,1,2,3,4). The van der Waals surface area contributed by atoms with E-state index in [2.05, 4.69) is 0 Å². The number of rotatable bonds is 0. The molecule has 0 fully saturated rings. The Morgan fingerprint density at radius 1 is 1.12 bits per heavy atom. The van der Waals surface area contributed by atoms with Crippen molar-refractivity contribution >= 4 is 7.82 Å². The van der Waals surface area contributed by atoms with Gasteiger partial charge in [0.15, 0.2) is 0 Å². The molecule has 0 saturated heterocycles. The molecular formula is H3CoMnNiO4P. The molecule has 4 nitrogen and oxygen atoms in total. The van der Waals surface area contributed by atoms with Gasteiger partial charge < -0.3 is 14.7 Å². The maximum Gasteiger partial charge on any atom is 0.466 e. The zero-order chi connectivity index (χ0) is 4.50. The molecule has 0 unspecified atom stereocenters. The van der Waals surface area contributed by atoms with E-state index < -0.39 is 7.82 Å². The summed E-state index contributed by atoms with van der Waals surface area (Å²) in [5.74, 6) is 0. The van der Waals surface area contributed by atoms with Gasteiger partial charge in [0.05, 0.1) is 0 Å². The predicted molar refractivity (Wildman–Crippen MR) is 14.3 cm³/mol. The van der Waals surface area contributed by atoms with Crippen molar-refractivity contribution in [3.05, 3.63) is 0 Å². The minimum absolute atomic E-state index is 0. The maximum absolute atomic E-state index is 8.88. The van der Waals surface area contributed by atoms with E-state index in [0.717, 1.165) is 0 Å². The van der Waals surface area contributed by atoms with Gasteiger partial charge in [0.25, 0.3) is 0 Å². The topological polar surface area (TPSA) is 77.8 Å². The van der Waals surface area contributed by atoms with Crippen molar-refractivity contribution in [1.29, 1.82) is 0 Å². The molecule has 3 N–H and O–H groups in total. The molecule has 0 aromatic carbocycles. The van der Waals surface area contributed by atoms with Crippen LogP contribution in [0, 0.1) is 0 Å². The second-order valence-corrected chi connectivity index (χ2v) is 1.54. The summed E-state index contributed by atoms with van der Waals surface area (Å²) in [5, 5.41) is 0. The summed E-state index contributed by atoms with van der Waals surface area (Å²) in [7, 11) is -4.64. The molecule has 0 rings (SSSR count). The smallest absolute Gasteiger partial charge is 0.303 e. The molecule has 0 heterocycles. The molecule has 0 aliphatic rings. The Kier molecular flexibility index (Phi) is 24.4. The predicted octanol–water partition coefficient (Wildman–Crippen LogP) is -0.936. The van der Waals surface area contributed by atoms with Crippen molar-refractivity contribution < 1.29 is 69.6 Å². The van der Waals surface area contributed by atoms with Crippen LogP contribution < -0.4 is 0 Å².